The minimum Gasteiger partial charge on any atom is -0.318 e. The zero-order chi connectivity index (χ0) is 18.2. The van der Waals surface area contributed by atoms with E-state index in [2.05, 4.69) is 6.92 Å². The summed E-state index contributed by atoms with van der Waals surface area (Å²) < 4.78 is 37.9. The van der Waals surface area contributed by atoms with Gasteiger partial charge in [0.15, 0.2) is 0 Å². The van der Waals surface area contributed by atoms with Gasteiger partial charge in [0, 0.05) is 24.5 Å². The highest BCUT2D eigenvalue weighted by molar-refractivity contribution is 7.16. The van der Waals surface area contributed by atoms with Gasteiger partial charge in [0.1, 0.15) is 0 Å². The molecule has 2 amide bonds. The molecule has 0 bridgehead atoms. The molecule has 0 unspecified atom stereocenters. The summed E-state index contributed by atoms with van der Waals surface area (Å²) in [4.78, 5) is 17.3. The lowest BCUT2D eigenvalue weighted by atomic mass is 10.1. The van der Waals surface area contributed by atoms with E-state index in [1.54, 1.807) is 21.1 Å². The van der Waals surface area contributed by atoms with Crippen molar-refractivity contribution >= 4 is 22.4 Å². The van der Waals surface area contributed by atoms with E-state index in [1.165, 1.54) is 22.6 Å². The maximum Gasteiger partial charge on any atom is 0.416 e. The first-order valence-corrected chi connectivity index (χ1v) is 8.93. The number of benzene rings is 1. The molecule has 1 fully saturated rings. The van der Waals surface area contributed by atoms with Gasteiger partial charge >= 0.3 is 12.2 Å². The highest BCUT2D eigenvalue weighted by Gasteiger charge is 2.32. The number of hydrogen-bond donors (Lipinski definition) is 0. The molecule has 0 N–H and O–H groups in total. The molecule has 1 aliphatic heterocycles. The molecule has 2 heterocycles. The summed E-state index contributed by atoms with van der Waals surface area (Å²) >= 11 is 1.63. The normalized spacial score (nSPS) is 15.3. The minimum absolute atomic E-state index is 0.0937. The van der Waals surface area contributed by atoms with E-state index in [0.29, 0.717) is 25.2 Å². The highest BCUT2D eigenvalue weighted by Crippen LogP contribution is 2.33. The maximum atomic E-state index is 12.6. The van der Waals surface area contributed by atoms with Crippen LogP contribution in [0.2, 0.25) is 0 Å². The van der Waals surface area contributed by atoms with Gasteiger partial charge < -0.3 is 4.90 Å². The number of thiophene rings is 1. The lowest BCUT2D eigenvalue weighted by molar-refractivity contribution is -0.137. The van der Waals surface area contributed by atoms with Crippen molar-refractivity contribution < 1.29 is 18.0 Å². The molecule has 134 valence electrons. The third-order valence-electron chi connectivity index (χ3n) is 4.34. The molecule has 0 radical (unpaired) electrons. The molecule has 25 heavy (non-hydrogen) atoms. The second kappa shape index (κ2) is 6.71. The maximum absolute atomic E-state index is 12.6. The molecule has 0 spiro atoms. The summed E-state index contributed by atoms with van der Waals surface area (Å²) in [5, 5.41) is 0.939. The average Bonchev–Trinajstić information content (AvgIpc) is 3.10. The van der Waals surface area contributed by atoms with Crippen LogP contribution in [-0.4, -0.2) is 24.0 Å². The molecule has 0 saturated carbocycles. The molecular weight excluding hydrogens is 349 g/mol. The minimum atomic E-state index is -4.34. The fourth-order valence-electron chi connectivity index (χ4n) is 2.94. The number of urea groups is 1. The van der Waals surface area contributed by atoms with Crippen LogP contribution in [0.3, 0.4) is 0 Å². The number of hydrogen-bond acceptors (Lipinski definition) is 2. The SMILES string of the molecule is CCc1sc(N2CCN(Cc3ccc(C(F)(F)F)cc3)C2=O)cc1C. The number of halogens is 3. The standard InChI is InChI=1S/C18H19F3N2OS/c1-3-15-12(2)10-16(25-15)23-9-8-22(17(23)24)11-13-4-6-14(7-5-13)18(19,20)21/h4-7,10H,3,8-9,11H2,1-2H3. The van der Waals surface area contributed by atoms with Gasteiger partial charge in [-0.1, -0.05) is 19.1 Å². The zero-order valence-corrected chi connectivity index (χ0v) is 14.9. The predicted molar refractivity (Wildman–Crippen MR) is 93.0 cm³/mol. The molecule has 2 aromatic rings. The predicted octanol–water partition coefficient (Wildman–Crippen LogP) is 5.08. The van der Waals surface area contributed by atoms with Crippen molar-refractivity contribution in [2.45, 2.75) is 33.0 Å². The highest BCUT2D eigenvalue weighted by atomic mass is 32.1. The molecule has 1 aromatic carbocycles. The van der Waals surface area contributed by atoms with Crippen molar-refractivity contribution in [2.24, 2.45) is 0 Å². The van der Waals surface area contributed by atoms with Crippen LogP contribution < -0.4 is 4.90 Å². The van der Waals surface area contributed by atoms with Crippen LogP contribution in [0.1, 0.15) is 28.5 Å². The van der Waals surface area contributed by atoms with Gasteiger partial charge in [0.2, 0.25) is 0 Å². The Kier molecular flexibility index (Phi) is 4.77. The van der Waals surface area contributed by atoms with Crippen molar-refractivity contribution in [3.63, 3.8) is 0 Å². The Balaban J connectivity index is 1.69. The summed E-state index contributed by atoms with van der Waals surface area (Å²) in [6.07, 6.45) is -3.40. The first kappa shape index (κ1) is 17.8. The van der Waals surface area contributed by atoms with Gasteiger partial charge in [0.25, 0.3) is 0 Å². The quantitative estimate of drug-likeness (QED) is 0.738. The van der Waals surface area contributed by atoms with E-state index in [1.807, 2.05) is 13.0 Å². The summed E-state index contributed by atoms with van der Waals surface area (Å²) in [6, 6.07) is 6.92. The molecule has 1 aliphatic rings. The van der Waals surface area contributed by atoms with E-state index in [0.717, 1.165) is 23.6 Å². The van der Waals surface area contributed by atoms with Crippen LogP contribution in [0.5, 0.6) is 0 Å². The van der Waals surface area contributed by atoms with Crippen LogP contribution >= 0.6 is 11.3 Å². The Morgan fingerprint density at radius 1 is 1.16 bits per heavy atom. The molecule has 3 nitrogen and oxygen atoms in total. The van der Waals surface area contributed by atoms with E-state index < -0.39 is 11.7 Å². The van der Waals surface area contributed by atoms with Crippen molar-refractivity contribution in [3.05, 3.63) is 51.9 Å². The van der Waals surface area contributed by atoms with Gasteiger partial charge in [-0.15, -0.1) is 11.3 Å². The van der Waals surface area contributed by atoms with Gasteiger partial charge in [-0.3, -0.25) is 4.90 Å². The summed E-state index contributed by atoms with van der Waals surface area (Å²) in [7, 11) is 0. The number of amides is 2. The molecule has 1 aromatic heterocycles. The van der Waals surface area contributed by atoms with Crippen molar-refractivity contribution in [2.75, 3.05) is 18.0 Å². The van der Waals surface area contributed by atoms with Crippen molar-refractivity contribution in [3.8, 4) is 0 Å². The molecule has 3 rings (SSSR count). The molecular formula is C18H19F3N2OS. The molecule has 7 heteroatoms. The van der Waals surface area contributed by atoms with E-state index >= 15 is 0 Å². The lowest BCUT2D eigenvalue weighted by Crippen LogP contribution is -2.31. The van der Waals surface area contributed by atoms with Gasteiger partial charge in [-0.2, -0.15) is 13.2 Å². The van der Waals surface area contributed by atoms with Gasteiger partial charge in [-0.05, 0) is 42.7 Å². The lowest BCUT2D eigenvalue weighted by Gasteiger charge is -2.18. The smallest absolute Gasteiger partial charge is 0.318 e. The van der Waals surface area contributed by atoms with E-state index in [4.69, 9.17) is 0 Å². The van der Waals surface area contributed by atoms with Crippen LogP contribution in [0.25, 0.3) is 0 Å². The van der Waals surface area contributed by atoms with E-state index in [-0.39, 0.29) is 6.03 Å². The van der Waals surface area contributed by atoms with Crippen molar-refractivity contribution in [1.29, 1.82) is 0 Å². The Bertz CT molecular complexity index is 768. The Morgan fingerprint density at radius 2 is 1.84 bits per heavy atom. The molecule has 0 atom stereocenters. The average molecular weight is 368 g/mol. The van der Waals surface area contributed by atoms with Crippen LogP contribution in [0.4, 0.5) is 23.0 Å². The topological polar surface area (TPSA) is 23.6 Å². The Labute approximate surface area is 148 Å². The van der Waals surface area contributed by atoms with Crippen LogP contribution in [-0.2, 0) is 19.1 Å². The Morgan fingerprint density at radius 3 is 2.40 bits per heavy atom. The number of carbonyl (C=O) groups excluding carboxylic acids is 1. The zero-order valence-electron chi connectivity index (χ0n) is 14.1. The summed E-state index contributed by atoms with van der Waals surface area (Å²) in [5.41, 5.74) is 1.21. The van der Waals surface area contributed by atoms with Crippen LogP contribution in [0.15, 0.2) is 30.3 Å². The first-order chi connectivity index (χ1) is 11.8. The monoisotopic (exact) mass is 368 g/mol. The largest absolute Gasteiger partial charge is 0.416 e. The number of rotatable bonds is 4. The number of anilines is 1. The third-order valence-corrected chi connectivity index (χ3v) is 5.75. The number of alkyl halides is 3. The second-order valence-electron chi connectivity index (χ2n) is 6.09. The second-order valence-corrected chi connectivity index (χ2v) is 7.21. The van der Waals surface area contributed by atoms with Gasteiger partial charge in [0.05, 0.1) is 10.6 Å². The number of nitrogens with zero attached hydrogens (tertiary/aromatic N) is 2. The third kappa shape index (κ3) is 3.66. The Hall–Kier alpha value is -2.02. The van der Waals surface area contributed by atoms with E-state index in [9.17, 15) is 18.0 Å². The molecule has 0 aliphatic carbocycles. The summed E-state index contributed by atoms with van der Waals surface area (Å²) in [6.45, 7) is 5.62. The number of carbonyl (C=O) groups is 1. The fraction of sp³-hybridized carbons (Fsp3) is 0.389. The fourth-order valence-corrected chi connectivity index (χ4v) is 4.07. The first-order valence-electron chi connectivity index (χ1n) is 8.11. The van der Waals surface area contributed by atoms with Gasteiger partial charge in [-0.25, -0.2) is 4.79 Å². The number of aryl methyl sites for hydroxylation is 2. The van der Waals surface area contributed by atoms with Crippen LogP contribution in [0, 0.1) is 6.92 Å². The summed E-state index contributed by atoms with van der Waals surface area (Å²) in [5.74, 6) is 0. The molecule has 1 saturated heterocycles. The van der Waals surface area contributed by atoms with Crippen molar-refractivity contribution in [1.82, 2.24) is 4.90 Å².